The SMILES string of the molecule is CNC(=O)[C@@H](C)NCc1cccc(Cl)c1F. The lowest BCUT2D eigenvalue weighted by Gasteiger charge is -2.12. The van der Waals surface area contributed by atoms with Crippen LogP contribution in [-0.2, 0) is 11.3 Å². The van der Waals surface area contributed by atoms with E-state index in [-0.39, 0.29) is 23.5 Å². The molecule has 0 bridgehead atoms. The van der Waals surface area contributed by atoms with Crippen LogP contribution in [-0.4, -0.2) is 19.0 Å². The van der Waals surface area contributed by atoms with E-state index in [2.05, 4.69) is 10.6 Å². The van der Waals surface area contributed by atoms with E-state index in [1.165, 1.54) is 6.07 Å². The number of amides is 1. The Hall–Kier alpha value is -1.13. The molecule has 0 radical (unpaired) electrons. The molecule has 0 aromatic heterocycles. The average Bonchev–Trinajstić information content (AvgIpc) is 2.29. The normalized spacial score (nSPS) is 12.2. The number of nitrogens with one attached hydrogen (secondary N) is 2. The molecule has 1 rings (SSSR count). The number of carbonyl (C=O) groups excluding carboxylic acids is 1. The van der Waals surface area contributed by atoms with E-state index in [4.69, 9.17) is 11.6 Å². The molecule has 3 nitrogen and oxygen atoms in total. The lowest BCUT2D eigenvalue weighted by molar-refractivity contribution is -0.122. The average molecular weight is 245 g/mol. The Bertz CT molecular complexity index is 384. The molecule has 16 heavy (non-hydrogen) atoms. The van der Waals surface area contributed by atoms with Crippen LogP contribution in [0.1, 0.15) is 12.5 Å². The van der Waals surface area contributed by atoms with Gasteiger partial charge in [-0.2, -0.15) is 0 Å². The Kier molecular flexibility index (Phi) is 4.71. The van der Waals surface area contributed by atoms with Crippen LogP contribution in [0.5, 0.6) is 0 Å². The zero-order chi connectivity index (χ0) is 12.1. The molecule has 5 heteroatoms. The Morgan fingerprint density at radius 3 is 2.88 bits per heavy atom. The highest BCUT2D eigenvalue weighted by Crippen LogP contribution is 2.17. The maximum Gasteiger partial charge on any atom is 0.236 e. The van der Waals surface area contributed by atoms with Crippen molar-refractivity contribution < 1.29 is 9.18 Å². The van der Waals surface area contributed by atoms with Gasteiger partial charge in [-0.25, -0.2) is 4.39 Å². The van der Waals surface area contributed by atoms with Crippen molar-refractivity contribution in [2.45, 2.75) is 19.5 Å². The summed E-state index contributed by atoms with van der Waals surface area (Å²) in [4.78, 5) is 11.2. The Morgan fingerprint density at radius 1 is 1.56 bits per heavy atom. The Labute approximate surface area is 99.0 Å². The summed E-state index contributed by atoms with van der Waals surface area (Å²) in [5.74, 6) is -0.580. The van der Waals surface area contributed by atoms with Crippen molar-refractivity contribution in [3.63, 3.8) is 0 Å². The molecular formula is C11H14ClFN2O. The highest BCUT2D eigenvalue weighted by Gasteiger charge is 2.11. The van der Waals surface area contributed by atoms with Gasteiger partial charge in [-0.05, 0) is 13.0 Å². The lowest BCUT2D eigenvalue weighted by Crippen LogP contribution is -2.40. The summed E-state index contributed by atoms with van der Waals surface area (Å²) in [5.41, 5.74) is 0.447. The third-order valence-electron chi connectivity index (χ3n) is 2.27. The molecule has 0 saturated heterocycles. The first kappa shape index (κ1) is 12.9. The van der Waals surface area contributed by atoms with Gasteiger partial charge in [0.05, 0.1) is 11.1 Å². The molecule has 0 aliphatic rings. The summed E-state index contributed by atoms with van der Waals surface area (Å²) in [7, 11) is 1.56. The van der Waals surface area contributed by atoms with Crippen molar-refractivity contribution in [2.24, 2.45) is 0 Å². The topological polar surface area (TPSA) is 41.1 Å². The molecule has 0 spiro atoms. The number of hydrogen-bond acceptors (Lipinski definition) is 2. The standard InChI is InChI=1S/C11H14ClFN2O/c1-7(11(16)14-2)15-6-8-4-3-5-9(12)10(8)13/h3-5,7,15H,6H2,1-2H3,(H,14,16)/t7-/m1/s1. The third-order valence-corrected chi connectivity index (χ3v) is 2.56. The van der Waals surface area contributed by atoms with E-state index in [0.717, 1.165) is 0 Å². The molecular weight excluding hydrogens is 231 g/mol. The molecule has 1 aromatic carbocycles. The van der Waals surface area contributed by atoms with Crippen LogP contribution in [0.15, 0.2) is 18.2 Å². The van der Waals surface area contributed by atoms with Crippen molar-refractivity contribution in [1.29, 1.82) is 0 Å². The predicted octanol–water partition coefficient (Wildman–Crippen LogP) is 1.70. The number of likely N-dealkylation sites (N-methyl/N-ethyl adjacent to an activating group) is 1. The van der Waals surface area contributed by atoms with Crippen LogP contribution in [0, 0.1) is 5.82 Å². The molecule has 2 N–H and O–H groups in total. The fraction of sp³-hybridized carbons (Fsp3) is 0.364. The zero-order valence-electron chi connectivity index (χ0n) is 9.18. The molecule has 0 aliphatic carbocycles. The van der Waals surface area contributed by atoms with Crippen LogP contribution in [0.25, 0.3) is 0 Å². The van der Waals surface area contributed by atoms with Gasteiger partial charge in [-0.1, -0.05) is 23.7 Å². The van der Waals surface area contributed by atoms with E-state index in [0.29, 0.717) is 5.56 Å². The minimum absolute atomic E-state index is 0.0897. The summed E-state index contributed by atoms with van der Waals surface area (Å²) in [6.45, 7) is 1.97. The van der Waals surface area contributed by atoms with Gasteiger partial charge >= 0.3 is 0 Å². The van der Waals surface area contributed by atoms with Gasteiger partial charge in [0.15, 0.2) is 0 Å². The van der Waals surface area contributed by atoms with Crippen LogP contribution < -0.4 is 10.6 Å². The van der Waals surface area contributed by atoms with Gasteiger partial charge in [0.25, 0.3) is 0 Å². The van der Waals surface area contributed by atoms with E-state index in [1.807, 2.05) is 0 Å². The monoisotopic (exact) mass is 244 g/mol. The molecule has 0 fully saturated rings. The van der Waals surface area contributed by atoms with E-state index < -0.39 is 5.82 Å². The van der Waals surface area contributed by atoms with Gasteiger partial charge in [0, 0.05) is 19.2 Å². The molecule has 0 heterocycles. The van der Waals surface area contributed by atoms with Gasteiger partial charge in [0.1, 0.15) is 5.82 Å². The molecule has 0 saturated carbocycles. The van der Waals surface area contributed by atoms with Crippen LogP contribution in [0.2, 0.25) is 5.02 Å². The quantitative estimate of drug-likeness (QED) is 0.847. The highest BCUT2D eigenvalue weighted by atomic mass is 35.5. The predicted molar refractivity (Wildman–Crippen MR) is 61.8 cm³/mol. The van der Waals surface area contributed by atoms with E-state index >= 15 is 0 Å². The summed E-state index contributed by atoms with van der Waals surface area (Å²) >= 11 is 5.64. The first-order valence-corrected chi connectivity index (χ1v) is 5.32. The first-order valence-electron chi connectivity index (χ1n) is 4.94. The first-order chi connectivity index (χ1) is 7.56. The second-order valence-corrected chi connectivity index (χ2v) is 3.84. The second kappa shape index (κ2) is 5.82. The van der Waals surface area contributed by atoms with Crippen LogP contribution in [0.3, 0.4) is 0 Å². The second-order valence-electron chi connectivity index (χ2n) is 3.43. The van der Waals surface area contributed by atoms with Crippen LogP contribution >= 0.6 is 11.6 Å². The van der Waals surface area contributed by atoms with Gasteiger partial charge in [-0.15, -0.1) is 0 Å². The van der Waals surface area contributed by atoms with Crippen molar-refractivity contribution in [3.8, 4) is 0 Å². The largest absolute Gasteiger partial charge is 0.358 e. The fourth-order valence-electron chi connectivity index (χ4n) is 1.26. The highest BCUT2D eigenvalue weighted by molar-refractivity contribution is 6.30. The van der Waals surface area contributed by atoms with E-state index in [1.54, 1.807) is 26.1 Å². The van der Waals surface area contributed by atoms with Crippen molar-refractivity contribution in [3.05, 3.63) is 34.6 Å². The molecule has 1 atom stereocenters. The van der Waals surface area contributed by atoms with Crippen molar-refractivity contribution in [1.82, 2.24) is 10.6 Å². The summed E-state index contributed by atoms with van der Waals surface area (Å²) < 4.78 is 13.5. The van der Waals surface area contributed by atoms with Crippen molar-refractivity contribution in [2.75, 3.05) is 7.05 Å². The summed E-state index contributed by atoms with van der Waals surface area (Å²) in [6.07, 6.45) is 0. The van der Waals surface area contributed by atoms with E-state index in [9.17, 15) is 9.18 Å². The molecule has 88 valence electrons. The number of hydrogen-bond donors (Lipinski definition) is 2. The maximum atomic E-state index is 13.5. The third kappa shape index (κ3) is 3.18. The summed E-state index contributed by atoms with van der Waals surface area (Å²) in [6, 6.07) is 4.42. The number of halogens is 2. The zero-order valence-corrected chi connectivity index (χ0v) is 9.94. The Balaban J connectivity index is 2.61. The van der Waals surface area contributed by atoms with Gasteiger partial charge in [-0.3, -0.25) is 4.79 Å². The Morgan fingerprint density at radius 2 is 2.25 bits per heavy atom. The molecule has 0 unspecified atom stereocenters. The smallest absolute Gasteiger partial charge is 0.236 e. The van der Waals surface area contributed by atoms with Crippen LogP contribution in [0.4, 0.5) is 4.39 Å². The number of carbonyl (C=O) groups is 1. The van der Waals surface area contributed by atoms with Crippen molar-refractivity contribution >= 4 is 17.5 Å². The molecule has 0 aliphatic heterocycles. The minimum Gasteiger partial charge on any atom is -0.358 e. The molecule has 1 aromatic rings. The fourth-order valence-corrected chi connectivity index (χ4v) is 1.45. The van der Waals surface area contributed by atoms with Gasteiger partial charge < -0.3 is 10.6 Å². The summed E-state index contributed by atoms with van der Waals surface area (Å²) in [5, 5.41) is 5.50. The lowest BCUT2D eigenvalue weighted by atomic mass is 10.2. The molecule has 1 amide bonds. The minimum atomic E-state index is -0.444. The number of rotatable bonds is 4. The van der Waals surface area contributed by atoms with Gasteiger partial charge in [0.2, 0.25) is 5.91 Å². The maximum absolute atomic E-state index is 13.5. The number of benzene rings is 1.